The van der Waals surface area contributed by atoms with Crippen molar-refractivity contribution in [2.24, 2.45) is 0 Å². The van der Waals surface area contributed by atoms with E-state index in [0.29, 0.717) is 0 Å². The van der Waals surface area contributed by atoms with Gasteiger partial charge in [0.15, 0.2) is 0 Å². The van der Waals surface area contributed by atoms with Crippen molar-refractivity contribution >= 4 is 23.2 Å². The van der Waals surface area contributed by atoms with Gasteiger partial charge in [0.05, 0.1) is 0 Å². The molecule has 0 bridgehead atoms. The van der Waals surface area contributed by atoms with Crippen LogP contribution in [0.4, 0.5) is 0 Å². The quantitative estimate of drug-likeness (QED) is 0.595. The summed E-state index contributed by atoms with van der Waals surface area (Å²) >= 11 is 12.3. The lowest BCUT2D eigenvalue weighted by atomic mass is 9.86. The van der Waals surface area contributed by atoms with Crippen LogP contribution >= 0.6 is 23.2 Å². The maximum atomic E-state index is 6.20. The molecule has 0 spiro atoms. The van der Waals surface area contributed by atoms with E-state index < -0.39 is 0 Å². The van der Waals surface area contributed by atoms with Crippen LogP contribution in [0.3, 0.4) is 0 Å². The van der Waals surface area contributed by atoms with Gasteiger partial charge in [0.1, 0.15) is 0 Å². The second-order valence-electron chi connectivity index (χ2n) is 4.30. The Hall–Kier alpha value is -0.200. The van der Waals surface area contributed by atoms with E-state index in [0.717, 1.165) is 21.2 Å². The van der Waals surface area contributed by atoms with Crippen molar-refractivity contribution in [2.45, 2.75) is 33.1 Å². The molecule has 0 saturated carbocycles. The molecule has 72 valence electrons. The molecule has 0 aliphatic carbocycles. The Morgan fingerprint density at radius 3 is 2.00 bits per heavy atom. The molecular weight excluding hydrogens is 203 g/mol. The second kappa shape index (κ2) is 3.51. The van der Waals surface area contributed by atoms with E-state index in [1.807, 2.05) is 19.1 Å². The molecule has 1 rings (SSSR count). The van der Waals surface area contributed by atoms with Gasteiger partial charge in [-0.3, -0.25) is 0 Å². The number of halogens is 2. The van der Waals surface area contributed by atoms with Gasteiger partial charge in [0, 0.05) is 10.0 Å². The van der Waals surface area contributed by atoms with Crippen LogP contribution in [0, 0.1) is 6.92 Å². The van der Waals surface area contributed by atoms with E-state index >= 15 is 0 Å². The molecule has 0 nitrogen and oxygen atoms in total. The normalized spacial score (nSPS) is 11.8. The van der Waals surface area contributed by atoms with Crippen LogP contribution in [0.1, 0.15) is 31.9 Å². The lowest BCUT2D eigenvalue weighted by Crippen LogP contribution is -2.13. The topological polar surface area (TPSA) is 0 Å². The fourth-order valence-electron chi connectivity index (χ4n) is 1.34. The Kier molecular flexibility index (Phi) is 2.94. The Balaban J connectivity index is 3.43. The van der Waals surface area contributed by atoms with Gasteiger partial charge in [-0.15, -0.1) is 0 Å². The Morgan fingerprint density at radius 2 is 1.62 bits per heavy atom. The van der Waals surface area contributed by atoms with Crippen molar-refractivity contribution in [3.05, 3.63) is 33.3 Å². The van der Waals surface area contributed by atoms with Crippen LogP contribution in [0.15, 0.2) is 12.1 Å². The summed E-state index contributed by atoms with van der Waals surface area (Å²) in [7, 11) is 0. The molecule has 0 fully saturated rings. The molecule has 0 aliphatic rings. The average molecular weight is 217 g/mol. The molecule has 0 aromatic heterocycles. The number of hydrogen-bond acceptors (Lipinski definition) is 0. The van der Waals surface area contributed by atoms with Crippen LogP contribution < -0.4 is 0 Å². The Labute approximate surface area is 89.9 Å². The Bertz CT molecular complexity index is 322. The third-order valence-corrected chi connectivity index (χ3v) is 2.84. The highest BCUT2D eigenvalue weighted by molar-refractivity contribution is 6.36. The standard InChI is InChI=1S/C11H14Cl2/c1-7-5-6-8(12)9(10(7)13)11(2,3)4/h5-6H,1-4H3. The summed E-state index contributed by atoms with van der Waals surface area (Å²) in [6.45, 7) is 8.33. The van der Waals surface area contributed by atoms with Gasteiger partial charge in [-0.25, -0.2) is 0 Å². The van der Waals surface area contributed by atoms with Crippen molar-refractivity contribution in [2.75, 3.05) is 0 Å². The molecule has 0 saturated heterocycles. The lowest BCUT2D eigenvalue weighted by molar-refractivity contribution is 0.590. The molecular formula is C11H14Cl2. The molecule has 0 radical (unpaired) electrons. The first-order valence-electron chi connectivity index (χ1n) is 4.29. The maximum absolute atomic E-state index is 6.20. The largest absolute Gasteiger partial charge is 0.0840 e. The minimum absolute atomic E-state index is 0.000185. The minimum atomic E-state index is 0.000185. The van der Waals surface area contributed by atoms with Crippen LogP contribution in [-0.4, -0.2) is 0 Å². The molecule has 0 unspecified atom stereocenters. The van der Waals surface area contributed by atoms with Crippen LogP contribution in [0.25, 0.3) is 0 Å². The number of rotatable bonds is 0. The molecule has 0 N–H and O–H groups in total. The maximum Gasteiger partial charge on any atom is 0.0487 e. The summed E-state index contributed by atoms with van der Waals surface area (Å²) in [4.78, 5) is 0. The van der Waals surface area contributed by atoms with Crippen molar-refractivity contribution in [3.8, 4) is 0 Å². The fourth-order valence-corrected chi connectivity index (χ4v) is 2.28. The fraction of sp³-hybridized carbons (Fsp3) is 0.455. The average Bonchev–Trinajstić information content (AvgIpc) is 1.95. The molecule has 0 atom stereocenters. The van der Waals surface area contributed by atoms with Crippen LogP contribution in [0.5, 0.6) is 0 Å². The molecule has 0 heterocycles. The summed E-state index contributed by atoms with van der Waals surface area (Å²) < 4.78 is 0. The van der Waals surface area contributed by atoms with Gasteiger partial charge < -0.3 is 0 Å². The van der Waals surface area contributed by atoms with Gasteiger partial charge in [-0.1, -0.05) is 50.0 Å². The molecule has 0 aliphatic heterocycles. The van der Waals surface area contributed by atoms with Gasteiger partial charge >= 0.3 is 0 Å². The summed E-state index contributed by atoms with van der Waals surface area (Å²) in [6, 6.07) is 3.85. The van der Waals surface area contributed by atoms with Crippen LogP contribution in [-0.2, 0) is 5.41 Å². The monoisotopic (exact) mass is 216 g/mol. The van der Waals surface area contributed by atoms with Crippen molar-refractivity contribution < 1.29 is 0 Å². The van der Waals surface area contributed by atoms with Gasteiger partial charge in [-0.05, 0) is 29.5 Å². The zero-order valence-electron chi connectivity index (χ0n) is 8.41. The zero-order chi connectivity index (χ0) is 10.2. The number of benzene rings is 1. The zero-order valence-corrected chi connectivity index (χ0v) is 9.92. The second-order valence-corrected chi connectivity index (χ2v) is 5.09. The van der Waals surface area contributed by atoms with Crippen molar-refractivity contribution in [3.63, 3.8) is 0 Å². The predicted octanol–water partition coefficient (Wildman–Crippen LogP) is 4.60. The van der Waals surface area contributed by atoms with E-state index in [9.17, 15) is 0 Å². The van der Waals surface area contributed by atoms with Gasteiger partial charge in [0.25, 0.3) is 0 Å². The summed E-state index contributed by atoms with van der Waals surface area (Å²) in [6.07, 6.45) is 0. The first kappa shape index (κ1) is 10.9. The van der Waals surface area contributed by atoms with Crippen molar-refractivity contribution in [1.29, 1.82) is 0 Å². The lowest BCUT2D eigenvalue weighted by Gasteiger charge is -2.23. The first-order chi connectivity index (χ1) is 5.84. The number of aryl methyl sites for hydroxylation is 1. The SMILES string of the molecule is Cc1ccc(Cl)c(C(C)(C)C)c1Cl. The Morgan fingerprint density at radius 1 is 1.08 bits per heavy atom. The smallest absolute Gasteiger partial charge is 0.0487 e. The number of hydrogen-bond donors (Lipinski definition) is 0. The molecule has 1 aromatic rings. The van der Waals surface area contributed by atoms with E-state index in [1.54, 1.807) is 0 Å². The van der Waals surface area contributed by atoms with Crippen LogP contribution in [0.2, 0.25) is 10.0 Å². The third-order valence-electron chi connectivity index (χ3n) is 2.03. The van der Waals surface area contributed by atoms with Gasteiger partial charge in [-0.2, -0.15) is 0 Å². The predicted molar refractivity (Wildman–Crippen MR) is 59.9 cm³/mol. The van der Waals surface area contributed by atoms with E-state index in [2.05, 4.69) is 20.8 Å². The molecule has 1 aromatic carbocycles. The molecule has 13 heavy (non-hydrogen) atoms. The molecule has 2 heteroatoms. The van der Waals surface area contributed by atoms with Gasteiger partial charge in [0.2, 0.25) is 0 Å². The van der Waals surface area contributed by atoms with E-state index in [4.69, 9.17) is 23.2 Å². The highest BCUT2D eigenvalue weighted by atomic mass is 35.5. The highest BCUT2D eigenvalue weighted by Crippen LogP contribution is 2.36. The summed E-state index contributed by atoms with van der Waals surface area (Å²) in [5.41, 5.74) is 2.12. The summed E-state index contributed by atoms with van der Waals surface area (Å²) in [5, 5.41) is 1.54. The summed E-state index contributed by atoms with van der Waals surface area (Å²) in [5.74, 6) is 0. The first-order valence-corrected chi connectivity index (χ1v) is 5.04. The molecule has 0 amide bonds. The minimum Gasteiger partial charge on any atom is -0.0840 e. The third kappa shape index (κ3) is 2.18. The van der Waals surface area contributed by atoms with E-state index in [-0.39, 0.29) is 5.41 Å². The van der Waals surface area contributed by atoms with E-state index in [1.165, 1.54) is 0 Å². The van der Waals surface area contributed by atoms with Crippen molar-refractivity contribution in [1.82, 2.24) is 0 Å². The highest BCUT2D eigenvalue weighted by Gasteiger charge is 2.21.